The van der Waals surface area contributed by atoms with Crippen molar-refractivity contribution in [2.75, 3.05) is 6.67 Å². The first-order valence-corrected chi connectivity index (χ1v) is 8.80. The Bertz CT molecular complexity index is 284. The van der Waals surface area contributed by atoms with Gasteiger partial charge in [-0.05, 0) is 69.1 Å². The van der Waals surface area contributed by atoms with Gasteiger partial charge in [-0.15, -0.1) is 0 Å². The lowest BCUT2D eigenvalue weighted by Gasteiger charge is -2.57. The molecule has 0 aromatic rings. The Morgan fingerprint density at radius 1 is 0.789 bits per heavy atom. The van der Waals surface area contributed by atoms with Crippen LogP contribution in [-0.4, -0.2) is 18.2 Å². The predicted octanol–water partition coefficient (Wildman–Crippen LogP) is 3.42. The third-order valence-electron chi connectivity index (χ3n) is 6.50. The first kappa shape index (κ1) is 12.6. The Labute approximate surface area is 118 Å². The summed E-state index contributed by atoms with van der Waals surface area (Å²) in [7, 11) is 0. The molecule has 5 aliphatic carbocycles. The molecule has 0 atom stereocenters. The van der Waals surface area contributed by atoms with Gasteiger partial charge in [-0.25, -0.2) is 0 Å². The van der Waals surface area contributed by atoms with Gasteiger partial charge in [-0.3, -0.25) is 5.32 Å². The van der Waals surface area contributed by atoms with Crippen molar-refractivity contribution < 1.29 is 0 Å². The maximum atomic E-state index is 3.96. The lowest BCUT2D eigenvalue weighted by Crippen LogP contribution is -2.60. The quantitative estimate of drug-likeness (QED) is 0.759. The summed E-state index contributed by atoms with van der Waals surface area (Å²) in [5.74, 6) is 3.19. The molecule has 2 heteroatoms. The summed E-state index contributed by atoms with van der Waals surface area (Å²) in [6.45, 7) is 1.07. The first-order chi connectivity index (χ1) is 9.31. The van der Waals surface area contributed by atoms with E-state index in [1.54, 1.807) is 19.3 Å². The molecular weight excluding hydrogens is 232 g/mol. The van der Waals surface area contributed by atoms with Gasteiger partial charge in [0.2, 0.25) is 0 Å². The van der Waals surface area contributed by atoms with Crippen LogP contribution < -0.4 is 10.6 Å². The number of hydrogen-bond acceptors (Lipinski definition) is 2. The molecule has 0 spiro atoms. The van der Waals surface area contributed by atoms with Crippen LogP contribution in [0.5, 0.6) is 0 Å². The molecule has 0 aliphatic heterocycles. The van der Waals surface area contributed by atoms with Gasteiger partial charge in [0.05, 0.1) is 0 Å². The summed E-state index contributed by atoms with van der Waals surface area (Å²) in [5, 5.41) is 7.75. The minimum Gasteiger partial charge on any atom is -0.302 e. The van der Waals surface area contributed by atoms with Gasteiger partial charge < -0.3 is 5.32 Å². The molecule has 0 radical (unpaired) electrons. The van der Waals surface area contributed by atoms with Crippen LogP contribution in [0.2, 0.25) is 0 Å². The number of nitrogens with one attached hydrogen (secondary N) is 2. The lowest BCUT2D eigenvalue weighted by atomic mass is 9.53. The molecule has 19 heavy (non-hydrogen) atoms. The van der Waals surface area contributed by atoms with E-state index in [4.69, 9.17) is 0 Å². The largest absolute Gasteiger partial charge is 0.302 e. The van der Waals surface area contributed by atoms with Crippen molar-refractivity contribution in [2.45, 2.75) is 82.2 Å². The van der Waals surface area contributed by atoms with Crippen LogP contribution in [0, 0.1) is 17.8 Å². The Morgan fingerprint density at radius 3 is 1.95 bits per heavy atom. The van der Waals surface area contributed by atoms with Gasteiger partial charge in [-0.1, -0.05) is 19.3 Å². The summed E-state index contributed by atoms with van der Waals surface area (Å²) in [4.78, 5) is 0. The molecule has 0 saturated heterocycles. The van der Waals surface area contributed by atoms with Gasteiger partial charge in [-0.2, -0.15) is 0 Å². The predicted molar refractivity (Wildman–Crippen MR) is 78.9 cm³/mol. The zero-order valence-corrected chi connectivity index (χ0v) is 12.3. The SMILES string of the molecule is C1CCC(NCNC23CC4CC(CC(C4)C2)C3)CC1. The lowest BCUT2D eigenvalue weighted by molar-refractivity contribution is -0.0209. The highest BCUT2D eigenvalue weighted by molar-refractivity contribution is 5.06. The summed E-state index contributed by atoms with van der Waals surface area (Å²) in [5.41, 5.74) is 0.538. The van der Waals surface area contributed by atoms with Crippen molar-refractivity contribution in [3.05, 3.63) is 0 Å². The smallest absolute Gasteiger partial charge is 0.0460 e. The average molecular weight is 262 g/mol. The van der Waals surface area contributed by atoms with Gasteiger partial charge >= 0.3 is 0 Å². The van der Waals surface area contributed by atoms with E-state index < -0.39 is 0 Å². The second-order valence-corrected chi connectivity index (χ2v) is 8.09. The molecule has 0 aromatic carbocycles. The van der Waals surface area contributed by atoms with Crippen molar-refractivity contribution in [1.82, 2.24) is 10.6 Å². The van der Waals surface area contributed by atoms with Crippen molar-refractivity contribution in [2.24, 2.45) is 17.8 Å². The zero-order chi connectivity index (χ0) is 12.7. The maximum absolute atomic E-state index is 3.96. The molecule has 5 fully saturated rings. The van der Waals surface area contributed by atoms with Crippen LogP contribution in [0.3, 0.4) is 0 Å². The van der Waals surface area contributed by atoms with E-state index in [0.717, 1.165) is 30.5 Å². The van der Waals surface area contributed by atoms with E-state index in [-0.39, 0.29) is 0 Å². The molecule has 0 unspecified atom stereocenters. The Hall–Kier alpha value is -0.0800. The molecule has 5 rings (SSSR count). The molecule has 0 heterocycles. The normalized spacial score (nSPS) is 45.8. The van der Waals surface area contributed by atoms with Crippen LogP contribution in [0.15, 0.2) is 0 Å². The Kier molecular flexibility index (Phi) is 3.35. The van der Waals surface area contributed by atoms with Crippen molar-refractivity contribution >= 4 is 0 Å². The fourth-order valence-electron chi connectivity index (χ4n) is 6.02. The molecule has 108 valence electrons. The topological polar surface area (TPSA) is 24.1 Å². The fraction of sp³-hybridized carbons (Fsp3) is 1.00. The van der Waals surface area contributed by atoms with Crippen LogP contribution in [0.4, 0.5) is 0 Å². The molecule has 4 bridgehead atoms. The highest BCUT2D eigenvalue weighted by atomic mass is 15.1. The Balaban J connectivity index is 1.30. The van der Waals surface area contributed by atoms with Gasteiger partial charge in [0.1, 0.15) is 0 Å². The highest BCUT2D eigenvalue weighted by Gasteiger charge is 2.50. The molecule has 0 aromatic heterocycles. The number of rotatable bonds is 4. The van der Waals surface area contributed by atoms with E-state index in [0.29, 0.717) is 5.54 Å². The molecule has 0 amide bonds. The van der Waals surface area contributed by atoms with Crippen LogP contribution >= 0.6 is 0 Å². The van der Waals surface area contributed by atoms with E-state index in [2.05, 4.69) is 10.6 Å². The standard InChI is InChI=1S/C17H30N2/c1-2-4-16(5-3-1)18-12-19-17-9-13-6-14(10-17)8-15(7-13)11-17/h13-16,18-19H,1-12H2. The van der Waals surface area contributed by atoms with E-state index in [1.165, 1.54) is 51.4 Å². The van der Waals surface area contributed by atoms with Crippen LogP contribution in [0.25, 0.3) is 0 Å². The maximum Gasteiger partial charge on any atom is 0.0460 e. The molecule has 2 N–H and O–H groups in total. The summed E-state index contributed by atoms with van der Waals surface area (Å²) < 4.78 is 0. The van der Waals surface area contributed by atoms with Gasteiger partial charge in [0.25, 0.3) is 0 Å². The van der Waals surface area contributed by atoms with Gasteiger partial charge in [0.15, 0.2) is 0 Å². The summed E-state index contributed by atoms with van der Waals surface area (Å²) >= 11 is 0. The van der Waals surface area contributed by atoms with E-state index in [1.807, 2.05) is 0 Å². The molecule has 5 aliphatic rings. The highest BCUT2D eigenvalue weighted by Crippen LogP contribution is 2.55. The van der Waals surface area contributed by atoms with Crippen molar-refractivity contribution in [3.8, 4) is 0 Å². The van der Waals surface area contributed by atoms with Crippen molar-refractivity contribution in [3.63, 3.8) is 0 Å². The van der Waals surface area contributed by atoms with Crippen molar-refractivity contribution in [1.29, 1.82) is 0 Å². The third kappa shape index (κ3) is 2.58. The Morgan fingerprint density at radius 2 is 1.37 bits per heavy atom. The molecular formula is C17H30N2. The van der Waals surface area contributed by atoms with E-state index in [9.17, 15) is 0 Å². The average Bonchev–Trinajstić information content (AvgIpc) is 2.38. The summed E-state index contributed by atoms with van der Waals surface area (Å²) in [6.07, 6.45) is 16.2. The van der Waals surface area contributed by atoms with Gasteiger partial charge in [0, 0.05) is 18.2 Å². The minimum absolute atomic E-state index is 0.538. The third-order valence-corrected chi connectivity index (χ3v) is 6.50. The second-order valence-electron chi connectivity index (χ2n) is 8.09. The second kappa shape index (κ2) is 5.04. The fourth-order valence-corrected chi connectivity index (χ4v) is 6.02. The van der Waals surface area contributed by atoms with E-state index >= 15 is 0 Å². The molecule has 5 saturated carbocycles. The zero-order valence-electron chi connectivity index (χ0n) is 12.3. The van der Waals surface area contributed by atoms with Crippen LogP contribution in [-0.2, 0) is 0 Å². The number of hydrogen-bond donors (Lipinski definition) is 2. The first-order valence-electron chi connectivity index (χ1n) is 8.80. The molecule has 2 nitrogen and oxygen atoms in total. The minimum atomic E-state index is 0.538. The van der Waals surface area contributed by atoms with Crippen LogP contribution in [0.1, 0.15) is 70.6 Å². The summed E-state index contributed by atoms with van der Waals surface area (Å²) in [6, 6.07) is 0.801. The monoisotopic (exact) mass is 262 g/mol.